The van der Waals surface area contributed by atoms with E-state index in [1.54, 1.807) is 0 Å². The maximum atomic E-state index is 12.5. The quantitative estimate of drug-likeness (QED) is 0.880. The highest BCUT2D eigenvalue weighted by molar-refractivity contribution is 5.79. The summed E-state index contributed by atoms with van der Waals surface area (Å²) in [7, 11) is 0. The van der Waals surface area contributed by atoms with Crippen LogP contribution in [0.2, 0.25) is 0 Å². The lowest BCUT2D eigenvalue weighted by molar-refractivity contribution is -0.130. The van der Waals surface area contributed by atoms with Crippen LogP contribution >= 0.6 is 0 Å². The van der Waals surface area contributed by atoms with Gasteiger partial charge >= 0.3 is 0 Å². The number of rotatable bonds is 4. The molecule has 24 heavy (non-hydrogen) atoms. The van der Waals surface area contributed by atoms with Crippen molar-refractivity contribution in [3.63, 3.8) is 0 Å². The van der Waals surface area contributed by atoms with E-state index in [-0.39, 0.29) is 5.91 Å². The normalized spacial score (nSPS) is 15.9. The van der Waals surface area contributed by atoms with Crippen molar-refractivity contribution in [3.05, 3.63) is 65.7 Å². The minimum absolute atomic E-state index is 0.210. The van der Waals surface area contributed by atoms with E-state index in [0.717, 1.165) is 50.4 Å². The minimum atomic E-state index is 0.210. The molecule has 0 atom stereocenters. The predicted molar refractivity (Wildman–Crippen MR) is 97.5 cm³/mol. The van der Waals surface area contributed by atoms with Crippen molar-refractivity contribution in [2.24, 2.45) is 0 Å². The summed E-state index contributed by atoms with van der Waals surface area (Å²) >= 11 is 0. The SMILES string of the molecule is Nc1ccc(CC(=O)N2CCCN(Cc3ccccc3)CC2)cc1. The second kappa shape index (κ2) is 7.97. The van der Waals surface area contributed by atoms with Crippen molar-refractivity contribution in [2.45, 2.75) is 19.4 Å². The van der Waals surface area contributed by atoms with Crippen LogP contribution in [0.15, 0.2) is 54.6 Å². The summed E-state index contributed by atoms with van der Waals surface area (Å²) in [5.74, 6) is 0.210. The summed E-state index contributed by atoms with van der Waals surface area (Å²) in [6, 6.07) is 18.1. The molecular formula is C20H25N3O. The molecule has 0 aliphatic carbocycles. The lowest BCUT2D eigenvalue weighted by Gasteiger charge is -2.22. The molecule has 1 fully saturated rings. The van der Waals surface area contributed by atoms with E-state index in [1.165, 1.54) is 5.56 Å². The summed E-state index contributed by atoms with van der Waals surface area (Å²) < 4.78 is 0. The van der Waals surface area contributed by atoms with Gasteiger partial charge in [0.15, 0.2) is 0 Å². The van der Waals surface area contributed by atoms with Crippen LogP contribution in [-0.4, -0.2) is 41.9 Å². The Hall–Kier alpha value is -2.33. The highest BCUT2D eigenvalue weighted by Crippen LogP contribution is 2.12. The Balaban J connectivity index is 1.53. The maximum Gasteiger partial charge on any atom is 0.227 e. The fourth-order valence-corrected chi connectivity index (χ4v) is 3.14. The second-order valence-electron chi connectivity index (χ2n) is 6.41. The zero-order valence-corrected chi connectivity index (χ0v) is 14.0. The Bertz CT molecular complexity index is 654. The van der Waals surface area contributed by atoms with Crippen molar-refractivity contribution >= 4 is 11.6 Å². The molecule has 1 aliphatic rings. The molecule has 1 aliphatic heterocycles. The largest absolute Gasteiger partial charge is 0.399 e. The number of amides is 1. The molecule has 2 N–H and O–H groups in total. The highest BCUT2D eigenvalue weighted by Gasteiger charge is 2.19. The van der Waals surface area contributed by atoms with Gasteiger partial charge in [-0.3, -0.25) is 9.69 Å². The van der Waals surface area contributed by atoms with Gasteiger partial charge in [-0.05, 0) is 29.7 Å². The van der Waals surface area contributed by atoms with Crippen LogP contribution in [0.25, 0.3) is 0 Å². The van der Waals surface area contributed by atoms with Gasteiger partial charge in [0.05, 0.1) is 6.42 Å². The van der Waals surface area contributed by atoms with Gasteiger partial charge in [0, 0.05) is 38.4 Å². The molecule has 126 valence electrons. The van der Waals surface area contributed by atoms with Gasteiger partial charge in [-0.15, -0.1) is 0 Å². The molecule has 3 rings (SSSR count). The van der Waals surface area contributed by atoms with Crippen LogP contribution in [0.5, 0.6) is 0 Å². The van der Waals surface area contributed by atoms with Crippen LogP contribution in [0.4, 0.5) is 5.69 Å². The fraction of sp³-hybridized carbons (Fsp3) is 0.350. The zero-order valence-electron chi connectivity index (χ0n) is 14.0. The van der Waals surface area contributed by atoms with Crippen LogP contribution in [0.3, 0.4) is 0 Å². The van der Waals surface area contributed by atoms with Gasteiger partial charge < -0.3 is 10.6 Å². The number of carbonyl (C=O) groups excluding carboxylic acids is 1. The molecule has 1 heterocycles. The van der Waals surface area contributed by atoms with Gasteiger partial charge in [0.1, 0.15) is 0 Å². The number of hydrogen-bond donors (Lipinski definition) is 1. The van der Waals surface area contributed by atoms with E-state index in [4.69, 9.17) is 5.73 Å². The van der Waals surface area contributed by atoms with Crippen molar-refractivity contribution in [3.8, 4) is 0 Å². The van der Waals surface area contributed by atoms with E-state index < -0.39 is 0 Å². The summed E-state index contributed by atoms with van der Waals surface area (Å²) in [6.07, 6.45) is 1.49. The summed E-state index contributed by atoms with van der Waals surface area (Å²) in [6.45, 7) is 4.59. The third kappa shape index (κ3) is 4.59. The second-order valence-corrected chi connectivity index (χ2v) is 6.41. The Kier molecular flexibility index (Phi) is 5.49. The number of anilines is 1. The van der Waals surface area contributed by atoms with E-state index >= 15 is 0 Å². The number of nitrogen functional groups attached to an aromatic ring is 1. The Morgan fingerprint density at radius 3 is 2.38 bits per heavy atom. The molecule has 2 aromatic carbocycles. The number of nitrogens with two attached hydrogens (primary N) is 1. The van der Waals surface area contributed by atoms with Gasteiger partial charge in [-0.1, -0.05) is 42.5 Å². The number of hydrogen-bond acceptors (Lipinski definition) is 3. The van der Waals surface area contributed by atoms with Crippen molar-refractivity contribution in [1.29, 1.82) is 0 Å². The molecule has 0 bridgehead atoms. The molecule has 0 spiro atoms. The summed E-state index contributed by atoms with van der Waals surface area (Å²) in [5, 5.41) is 0. The van der Waals surface area contributed by atoms with Gasteiger partial charge in [-0.2, -0.15) is 0 Å². The Morgan fingerprint density at radius 2 is 1.62 bits per heavy atom. The molecule has 0 unspecified atom stereocenters. The van der Waals surface area contributed by atoms with Gasteiger partial charge in [0.25, 0.3) is 0 Å². The lowest BCUT2D eigenvalue weighted by atomic mass is 10.1. The molecule has 1 saturated heterocycles. The van der Waals surface area contributed by atoms with Crippen molar-refractivity contribution in [2.75, 3.05) is 31.9 Å². The average Bonchev–Trinajstić information content (AvgIpc) is 2.83. The summed E-state index contributed by atoms with van der Waals surface area (Å²) in [5.41, 5.74) is 8.79. The standard InChI is InChI=1S/C20H25N3O/c21-19-9-7-17(8-10-19)15-20(24)23-12-4-11-22(13-14-23)16-18-5-2-1-3-6-18/h1-3,5-10H,4,11-16,21H2. The minimum Gasteiger partial charge on any atom is -0.399 e. The molecule has 1 amide bonds. The van der Waals surface area contributed by atoms with Gasteiger partial charge in [0.2, 0.25) is 5.91 Å². The molecule has 0 aromatic heterocycles. The first-order valence-electron chi connectivity index (χ1n) is 8.59. The third-order valence-electron chi connectivity index (χ3n) is 4.53. The van der Waals surface area contributed by atoms with Crippen molar-refractivity contribution in [1.82, 2.24) is 9.80 Å². The van der Waals surface area contributed by atoms with Crippen LogP contribution in [-0.2, 0) is 17.8 Å². The molecule has 0 radical (unpaired) electrons. The maximum absolute atomic E-state index is 12.5. The molecule has 0 saturated carbocycles. The van der Waals surface area contributed by atoms with Gasteiger partial charge in [-0.25, -0.2) is 0 Å². The zero-order chi connectivity index (χ0) is 16.8. The molecule has 2 aromatic rings. The smallest absolute Gasteiger partial charge is 0.227 e. The van der Waals surface area contributed by atoms with E-state index in [0.29, 0.717) is 6.42 Å². The first kappa shape index (κ1) is 16.5. The Labute approximate surface area is 143 Å². The number of nitrogens with zero attached hydrogens (tertiary/aromatic N) is 2. The topological polar surface area (TPSA) is 49.6 Å². The number of benzene rings is 2. The molecule has 4 nitrogen and oxygen atoms in total. The fourth-order valence-electron chi connectivity index (χ4n) is 3.14. The van der Waals surface area contributed by atoms with E-state index in [9.17, 15) is 4.79 Å². The predicted octanol–water partition coefficient (Wildman–Crippen LogP) is 2.55. The van der Waals surface area contributed by atoms with Crippen LogP contribution in [0, 0.1) is 0 Å². The summed E-state index contributed by atoms with van der Waals surface area (Å²) in [4.78, 5) is 17.0. The third-order valence-corrected chi connectivity index (χ3v) is 4.53. The number of carbonyl (C=O) groups is 1. The lowest BCUT2D eigenvalue weighted by Crippen LogP contribution is -2.36. The molecular weight excluding hydrogens is 298 g/mol. The first-order chi connectivity index (χ1) is 11.7. The highest BCUT2D eigenvalue weighted by atomic mass is 16.2. The Morgan fingerprint density at radius 1 is 0.875 bits per heavy atom. The first-order valence-corrected chi connectivity index (χ1v) is 8.59. The monoisotopic (exact) mass is 323 g/mol. The molecule has 4 heteroatoms. The van der Waals surface area contributed by atoms with Crippen LogP contribution in [0.1, 0.15) is 17.5 Å². The average molecular weight is 323 g/mol. The van der Waals surface area contributed by atoms with E-state index in [1.807, 2.05) is 35.2 Å². The van der Waals surface area contributed by atoms with E-state index in [2.05, 4.69) is 29.2 Å². The van der Waals surface area contributed by atoms with Crippen LogP contribution < -0.4 is 5.73 Å². The van der Waals surface area contributed by atoms with Crippen molar-refractivity contribution < 1.29 is 4.79 Å².